The molecular formula is C18H21ClN2O5. The Hall–Kier alpha value is -2.41. The first-order valence-corrected chi connectivity index (χ1v) is 8.75. The van der Waals surface area contributed by atoms with Gasteiger partial charge in [-0.2, -0.15) is 0 Å². The molecule has 0 aromatic heterocycles. The van der Waals surface area contributed by atoms with Crippen LogP contribution in [0.25, 0.3) is 0 Å². The van der Waals surface area contributed by atoms with Crippen LogP contribution in [0.15, 0.2) is 24.3 Å². The Labute approximate surface area is 156 Å². The molecule has 0 unspecified atom stereocenters. The van der Waals surface area contributed by atoms with E-state index < -0.39 is 41.9 Å². The van der Waals surface area contributed by atoms with Crippen LogP contribution in [0.2, 0.25) is 5.02 Å². The number of nitrogens with one attached hydrogen (secondary N) is 1. The van der Waals surface area contributed by atoms with E-state index >= 15 is 0 Å². The summed E-state index contributed by atoms with van der Waals surface area (Å²) in [4.78, 5) is 49.7. The standard InChI is InChI=1S/C18H21ClN2O5/c1-4-18(5-2)16(24)21(17(25)20-18)10-14(22)26-11(3)15(23)12-6-8-13(19)9-7-12/h6-9,11H,4-5,10H2,1-3H3,(H,20,25)/t11-/m0/s1. The van der Waals surface area contributed by atoms with Crippen LogP contribution in [-0.2, 0) is 14.3 Å². The van der Waals surface area contributed by atoms with Crippen molar-refractivity contribution < 1.29 is 23.9 Å². The average molecular weight is 381 g/mol. The molecule has 1 aliphatic rings. The van der Waals surface area contributed by atoms with E-state index in [1.165, 1.54) is 19.1 Å². The summed E-state index contributed by atoms with van der Waals surface area (Å²) >= 11 is 5.78. The number of Topliss-reactive ketones (excluding diaryl/α,β-unsaturated/α-hetero) is 1. The van der Waals surface area contributed by atoms with E-state index in [-0.39, 0.29) is 0 Å². The van der Waals surface area contributed by atoms with Gasteiger partial charge in [-0.3, -0.25) is 19.3 Å². The fourth-order valence-corrected chi connectivity index (χ4v) is 2.94. The molecule has 1 heterocycles. The number of amides is 3. The van der Waals surface area contributed by atoms with Crippen molar-refractivity contribution >= 4 is 35.3 Å². The van der Waals surface area contributed by atoms with Crippen LogP contribution in [0.4, 0.5) is 4.79 Å². The molecule has 0 spiro atoms. The number of hydrogen-bond acceptors (Lipinski definition) is 5. The van der Waals surface area contributed by atoms with Crippen LogP contribution in [-0.4, -0.2) is 46.8 Å². The van der Waals surface area contributed by atoms with Crippen molar-refractivity contribution in [2.45, 2.75) is 45.3 Å². The maximum Gasteiger partial charge on any atom is 0.326 e. The normalized spacial score (nSPS) is 17.0. The molecule has 8 heteroatoms. The predicted octanol–water partition coefficient (Wildman–Crippen LogP) is 2.57. The molecule has 26 heavy (non-hydrogen) atoms. The van der Waals surface area contributed by atoms with Crippen molar-refractivity contribution in [1.29, 1.82) is 0 Å². The zero-order valence-electron chi connectivity index (χ0n) is 14.9. The highest BCUT2D eigenvalue weighted by Gasteiger charge is 2.49. The Bertz CT molecular complexity index is 728. The highest BCUT2D eigenvalue weighted by Crippen LogP contribution is 2.24. The van der Waals surface area contributed by atoms with Crippen LogP contribution >= 0.6 is 11.6 Å². The maximum atomic E-state index is 12.5. The predicted molar refractivity (Wildman–Crippen MR) is 94.9 cm³/mol. The minimum atomic E-state index is -1.05. The van der Waals surface area contributed by atoms with Crippen molar-refractivity contribution in [1.82, 2.24) is 10.2 Å². The van der Waals surface area contributed by atoms with Crippen molar-refractivity contribution in [3.8, 4) is 0 Å². The lowest BCUT2D eigenvalue weighted by Crippen LogP contribution is -2.46. The summed E-state index contributed by atoms with van der Waals surface area (Å²) in [5, 5.41) is 3.12. The van der Waals surface area contributed by atoms with Crippen molar-refractivity contribution in [3.63, 3.8) is 0 Å². The number of ether oxygens (including phenoxy) is 1. The second-order valence-electron chi connectivity index (χ2n) is 6.11. The van der Waals surface area contributed by atoms with Gasteiger partial charge in [0.1, 0.15) is 12.1 Å². The van der Waals surface area contributed by atoms with E-state index in [2.05, 4.69) is 5.32 Å². The fraction of sp³-hybridized carbons (Fsp3) is 0.444. The van der Waals surface area contributed by atoms with E-state index in [0.717, 1.165) is 4.90 Å². The summed E-state index contributed by atoms with van der Waals surface area (Å²) in [6.45, 7) is 4.47. The van der Waals surface area contributed by atoms with Gasteiger partial charge in [-0.05, 0) is 44.0 Å². The SMILES string of the molecule is CCC1(CC)NC(=O)N(CC(=O)O[C@@H](C)C(=O)c2ccc(Cl)cc2)C1=O. The van der Waals surface area contributed by atoms with Crippen molar-refractivity contribution in [3.05, 3.63) is 34.9 Å². The van der Waals surface area contributed by atoms with Crippen LogP contribution in [0.5, 0.6) is 0 Å². The van der Waals surface area contributed by atoms with Gasteiger partial charge in [-0.15, -0.1) is 0 Å². The zero-order chi connectivity index (χ0) is 19.5. The largest absolute Gasteiger partial charge is 0.453 e. The van der Waals surface area contributed by atoms with Gasteiger partial charge in [-0.1, -0.05) is 25.4 Å². The van der Waals surface area contributed by atoms with Crippen molar-refractivity contribution in [2.24, 2.45) is 0 Å². The molecule has 1 aliphatic heterocycles. The number of imide groups is 1. The molecule has 7 nitrogen and oxygen atoms in total. The van der Waals surface area contributed by atoms with Gasteiger partial charge >= 0.3 is 12.0 Å². The zero-order valence-corrected chi connectivity index (χ0v) is 15.6. The fourth-order valence-electron chi connectivity index (χ4n) is 2.81. The topological polar surface area (TPSA) is 92.8 Å². The molecule has 1 aromatic carbocycles. The molecule has 1 fully saturated rings. The lowest BCUT2D eigenvalue weighted by atomic mass is 9.93. The van der Waals surface area contributed by atoms with Crippen LogP contribution in [0.1, 0.15) is 44.0 Å². The molecule has 0 radical (unpaired) electrons. The third-order valence-electron chi connectivity index (χ3n) is 4.55. The Morgan fingerprint density at radius 1 is 1.19 bits per heavy atom. The van der Waals surface area contributed by atoms with Gasteiger partial charge in [0, 0.05) is 10.6 Å². The Morgan fingerprint density at radius 3 is 2.27 bits per heavy atom. The van der Waals surface area contributed by atoms with Crippen LogP contribution in [0, 0.1) is 0 Å². The number of carbonyl (C=O) groups is 4. The minimum absolute atomic E-state index is 0.348. The van der Waals surface area contributed by atoms with Gasteiger partial charge in [0.2, 0.25) is 5.78 Å². The average Bonchev–Trinajstić information content (AvgIpc) is 2.86. The minimum Gasteiger partial charge on any atom is -0.453 e. The maximum absolute atomic E-state index is 12.5. The molecule has 0 saturated carbocycles. The van der Waals surface area contributed by atoms with Crippen LogP contribution < -0.4 is 5.32 Å². The number of benzene rings is 1. The monoisotopic (exact) mass is 380 g/mol. The van der Waals surface area contributed by atoms with Gasteiger partial charge in [0.25, 0.3) is 5.91 Å². The molecular weight excluding hydrogens is 360 g/mol. The second kappa shape index (κ2) is 7.86. The van der Waals surface area contributed by atoms with Gasteiger partial charge in [-0.25, -0.2) is 4.79 Å². The smallest absolute Gasteiger partial charge is 0.326 e. The number of hydrogen-bond donors (Lipinski definition) is 1. The third-order valence-corrected chi connectivity index (χ3v) is 4.80. The molecule has 140 valence electrons. The summed E-state index contributed by atoms with van der Waals surface area (Å²) in [5.74, 6) is -1.68. The van der Waals surface area contributed by atoms with Gasteiger partial charge < -0.3 is 10.1 Å². The van der Waals surface area contributed by atoms with E-state index in [9.17, 15) is 19.2 Å². The third kappa shape index (κ3) is 3.88. The Balaban J connectivity index is 2.00. The van der Waals surface area contributed by atoms with E-state index in [1.54, 1.807) is 26.0 Å². The number of rotatable bonds is 7. The molecule has 3 amide bonds. The first-order chi connectivity index (χ1) is 12.2. The molecule has 0 aliphatic carbocycles. The summed E-state index contributed by atoms with van der Waals surface area (Å²) in [5.41, 5.74) is -0.636. The van der Waals surface area contributed by atoms with Gasteiger partial charge in [0.15, 0.2) is 6.10 Å². The lowest BCUT2D eigenvalue weighted by molar-refractivity contribution is -0.150. The lowest BCUT2D eigenvalue weighted by Gasteiger charge is -2.23. The Kier molecular flexibility index (Phi) is 6.02. The summed E-state index contributed by atoms with van der Waals surface area (Å²) in [6.07, 6.45) is -0.206. The first kappa shape index (κ1) is 19.9. The summed E-state index contributed by atoms with van der Waals surface area (Å²) in [6, 6.07) is 5.55. The number of urea groups is 1. The van der Waals surface area contributed by atoms with E-state index in [1.807, 2.05) is 0 Å². The van der Waals surface area contributed by atoms with Crippen LogP contribution in [0.3, 0.4) is 0 Å². The first-order valence-electron chi connectivity index (χ1n) is 8.37. The molecule has 1 saturated heterocycles. The number of halogens is 1. The Morgan fingerprint density at radius 2 is 1.77 bits per heavy atom. The number of carbonyl (C=O) groups excluding carboxylic acids is 4. The molecule has 0 bridgehead atoms. The summed E-state index contributed by atoms with van der Waals surface area (Å²) in [7, 11) is 0. The number of esters is 1. The molecule has 1 aromatic rings. The highest BCUT2D eigenvalue weighted by atomic mass is 35.5. The van der Waals surface area contributed by atoms with E-state index in [4.69, 9.17) is 16.3 Å². The quantitative estimate of drug-likeness (QED) is 0.446. The number of nitrogens with zero attached hydrogens (tertiary/aromatic N) is 1. The van der Waals surface area contributed by atoms with E-state index in [0.29, 0.717) is 23.4 Å². The second-order valence-corrected chi connectivity index (χ2v) is 6.55. The van der Waals surface area contributed by atoms with Crippen molar-refractivity contribution in [2.75, 3.05) is 6.54 Å². The molecule has 1 N–H and O–H groups in total. The molecule has 2 rings (SSSR count). The number of ketones is 1. The highest BCUT2D eigenvalue weighted by molar-refractivity contribution is 6.30. The van der Waals surface area contributed by atoms with Gasteiger partial charge in [0.05, 0.1) is 0 Å². The summed E-state index contributed by atoms with van der Waals surface area (Å²) < 4.78 is 5.10. The molecule has 1 atom stereocenters.